The second-order valence-corrected chi connectivity index (χ2v) is 7.29. The van der Waals surface area contributed by atoms with Gasteiger partial charge in [-0.1, -0.05) is 15.9 Å². The minimum Gasteiger partial charge on any atom is -0.449 e. The number of hydrogen-bond acceptors (Lipinski definition) is 4. The van der Waals surface area contributed by atoms with Gasteiger partial charge in [0.15, 0.2) is 6.10 Å². The van der Waals surface area contributed by atoms with Crippen LogP contribution in [0.5, 0.6) is 0 Å². The summed E-state index contributed by atoms with van der Waals surface area (Å²) in [7, 11) is 0. The second-order valence-electron chi connectivity index (χ2n) is 6.37. The molecule has 0 aromatic heterocycles. The highest BCUT2D eigenvalue weighted by Crippen LogP contribution is 2.37. The molecule has 1 N–H and O–H groups in total. The number of fused-ring (bicyclic) bond motifs is 1. The fourth-order valence-corrected chi connectivity index (χ4v) is 3.15. The van der Waals surface area contributed by atoms with Crippen LogP contribution in [0.4, 0.5) is 28.9 Å². The molecular formula is C19H13BrF4N2O4. The minimum absolute atomic E-state index is 0.0188. The van der Waals surface area contributed by atoms with Crippen molar-refractivity contribution >= 4 is 45.1 Å². The molecule has 30 heavy (non-hydrogen) atoms. The lowest BCUT2D eigenvalue weighted by Gasteiger charge is -2.31. The SMILES string of the molecule is CC(OC(=O)c1ccc(Br)cc1F)C(=O)N1CC(=O)Nc2cc(C(F)(F)F)ccc21. The molecule has 0 aliphatic carbocycles. The molecule has 2 aromatic carbocycles. The van der Waals surface area contributed by atoms with E-state index in [9.17, 15) is 31.9 Å². The Morgan fingerprint density at radius 3 is 2.53 bits per heavy atom. The third-order valence-electron chi connectivity index (χ3n) is 4.24. The van der Waals surface area contributed by atoms with E-state index in [1.54, 1.807) is 0 Å². The number of halogens is 5. The number of alkyl halides is 3. The van der Waals surface area contributed by atoms with E-state index in [4.69, 9.17) is 4.74 Å². The van der Waals surface area contributed by atoms with E-state index in [1.807, 2.05) is 0 Å². The van der Waals surface area contributed by atoms with Gasteiger partial charge in [-0.05, 0) is 43.3 Å². The second kappa shape index (κ2) is 8.05. The van der Waals surface area contributed by atoms with E-state index < -0.39 is 53.6 Å². The zero-order chi connectivity index (χ0) is 22.2. The van der Waals surface area contributed by atoms with Crippen LogP contribution in [0.1, 0.15) is 22.8 Å². The summed E-state index contributed by atoms with van der Waals surface area (Å²) in [6.07, 6.45) is -6.06. The average molecular weight is 489 g/mol. The summed E-state index contributed by atoms with van der Waals surface area (Å²) in [6.45, 7) is 0.735. The van der Waals surface area contributed by atoms with E-state index >= 15 is 0 Å². The number of benzene rings is 2. The Bertz CT molecular complexity index is 1040. The topological polar surface area (TPSA) is 75.7 Å². The average Bonchev–Trinajstić information content (AvgIpc) is 2.65. The molecule has 1 aliphatic rings. The number of anilines is 2. The summed E-state index contributed by atoms with van der Waals surface area (Å²) in [6, 6.07) is 6.15. The Morgan fingerprint density at radius 2 is 1.90 bits per heavy atom. The molecule has 0 saturated heterocycles. The number of ether oxygens (including phenoxy) is 1. The standard InChI is InChI=1S/C19H13BrF4N2O4/c1-9(30-18(29)12-4-3-11(20)7-13(12)21)17(28)26-8-16(27)25-14-6-10(19(22,23)24)2-5-15(14)26/h2-7,9H,8H2,1H3,(H,25,27). The highest BCUT2D eigenvalue weighted by Gasteiger charge is 2.35. The lowest BCUT2D eigenvalue weighted by molar-refractivity contribution is -0.137. The zero-order valence-corrected chi connectivity index (χ0v) is 16.8. The third kappa shape index (κ3) is 4.45. The first-order valence-corrected chi connectivity index (χ1v) is 9.25. The van der Waals surface area contributed by atoms with Crippen LogP contribution in [0.2, 0.25) is 0 Å². The van der Waals surface area contributed by atoms with Crippen molar-refractivity contribution < 1.29 is 36.7 Å². The maximum absolute atomic E-state index is 13.9. The Balaban J connectivity index is 1.83. The Morgan fingerprint density at radius 1 is 1.20 bits per heavy atom. The fourth-order valence-electron chi connectivity index (χ4n) is 2.81. The molecule has 0 bridgehead atoms. The predicted octanol–water partition coefficient (Wildman–Crippen LogP) is 4.14. The molecule has 3 rings (SSSR count). The maximum atomic E-state index is 13.9. The fraction of sp³-hybridized carbons (Fsp3) is 0.211. The Labute approximate surface area is 175 Å². The summed E-state index contributed by atoms with van der Waals surface area (Å²) in [5.41, 5.74) is -1.58. The number of amides is 2. The number of rotatable bonds is 3. The first kappa shape index (κ1) is 21.8. The molecule has 0 radical (unpaired) electrons. The van der Waals surface area contributed by atoms with Crippen LogP contribution >= 0.6 is 15.9 Å². The number of carbonyl (C=O) groups excluding carboxylic acids is 3. The van der Waals surface area contributed by atoms with E-state index in [-0.39, 0.29) is 11.4 Å². The maximum Gasteiger partial charge on any atom is 0.416 e. The van der Waals surface area contributed by atoms with Gasteiger partial charge in [-0.15, -0.1) is 0 Å². The summed E-state index contributed by atoms with van der Waals surface area (Å²) < 4.78 is 58.1. The van der Waals surface area contributed by atoms with Crippen LogP contribution in [0, 0.1) is 5.82 Å². The number of esters is 1. The van der Waals surface area contributed by atoms with Gasteiger partial charge in [0.2, 0.25) is 5.91 Å². The molecule has 2 aromatic rings. The van der Waals surface area contributed by atoms with Crippen molar-refractivity contribution in [2.24, 2.45) is 0 Å². The van der Waals surface area contributed by atoms with Crippen molar-refractivity contribution in [1.82, 2.24) is 0 Å². The van der Waals surface area contributed by atoms with Gasteiger partial charge in [-0.25, -0.2) is 9.18 Å². The van der Waals surface area contributed by atoms with Gasteiger partial charge in [0.25, 0.3) is 5.91 Å². The lowest BCUT2D eigenvalue weighted by atomic mass is 10.1. The molecule has 0 fully saturated rings. The zero-order valence-electron chi connectivity index (χ0n) is 15.2. The van der Waals surface area contributed by atoms with Crippen LogP contribution < -0.4 is 10.2 Å². The summed E-state index contributed by atoms with van der Waals surface area (Å²) in [4.78, 5) is 37.7. The van der Waals surface area contributed by atoms with E-state index in [0.29, 0.717) is 10.5 Å². The molecule has 0 spiro atoms. The predicted molar refractivity (Wildman–Crippen MR) is 101 cm³/mol. The van der Waals surface area contributed by atoms with E-state index in [0.717, 1.165) is 23.1 Å². The summed E-state index contributed by atoms with van der Waals surface area (Å²) in [5, 5.41) is 2.28. The van der Waals surface area contributed by atoms with Gasteiger partial charge >= 0.3 is 12.1 Å². The molecule has 1 unspecified atom stereocenters. The highest BCUT2D eigenvalue weighted by molar-refractivity contribution is 9.10. The smallest absolute Gasteiger partial charge is 0.416 e. The van der Waals surface area contributed by atoms with Gasteiger partial charge in [-0.3, -0.25) is 14.5 Å². The quantitative estimate of drug-likeness (QED) is 0.520. The Hall–Kier alpha value is -2.95. The van der Waals surface area contributed by atoms with Gasteiger partial charge < -0.3 is 10.1 Å². The van der Waals surface area contributed by atoms with Crippen molar-refractivity contribution in [2.75, 3.05) is 16.8 Å². The molecule has 1 atom stereocenters. The number of nitrogens with one attached hydrogen (secondary N) is 1. The normalized spacial score (nSPS) is 14.6. The first-order chi connectivity index (χ1) is 14.0. The van der Waals surface area contributed by atoms with Crippen molar-refractivity contribution in [3.05, 3.63) is 57.8 Å². The summed E-state index contributed by atoms with van der Waals surface area (Å²) >= 11 is 3.05. The number of carbonyl (C=O) groups is 3. The van der Waals surface area contributed by atoms with Crippen LogP contribution in [0.3, 0.4) is 0 Å². The highest BCUT2D eigenvalue weighted by atomic mass is 79.9. The Kier molecular flexibility index (Phi) is 5.84. The molecule has 1 aliphatic heterocycles. The largest absolute Gasteiger partial charge is 0.449 e. The summed E-state index contributed by atoms with van der Waals surface area (Å²) in [5.74, 6) is -3.53. The molecule has 6 nitrogen and oxygen atoms in total. The van der Waals surface area contributed by atoms with E-state index in [1.165, 1.54) is 19.1 Å². The van der Waals surface area contributed by atoms with Gasteiger partial charge in [-0.2, -0.15) is 13.2 Å². The van der Waals surface area contributed by atoms with Crippen molar-refractivity contribution in [1.29, 1.82) is 0 Å². The lowest BCUT2D eigenvalue weighted by Crippen LogP contribution is -2.47. The number of nitrogens with zero attached hydrogens (tertiary/aromatic N) is 1. The molecule has 2 amide bonds. The third-order valence-corrected chi connectivity index (χ3v) is 4.73. The molecular weight excluding hydrogens is 476 g/mol. The molecule has 0 saturated carbocycles. The van der Waals surface area contributed by atoms with Gasteiger partial charge in [0, 0.05) is 4.47 Å². The first-order valence-electron chi connectivity index (χ1n) is 8.46. The monoisotopic (exact) mass is 488 g/mol. The molecule has 1 heterocycles. The van der Waals surface area contributed by atoms with Crippen LogP contribution in [0.25, 0.3) is 0 Å². The van der Waals surface area contributed by atoms with Crippen molar-refractivity contribution in [3.8, 4) is 0 Å². The van der Waals surface area contributed by atoms with Crippen LogP contribution in [-0.4, -0.2) is 30.4 Å². The van der Waals surface area contributed by atoms with Crippen molar-refractivity contribution in [2.45, 2.75) is 19.2 Å². The molecule has 11 heteroatoms. The van der Waals surface area contributed by atoms with Crippen molar-refractivity contribution in [3.63, 3.8) is 0 Å². The number of hydrogen-bond donors (Lipinski definition) is 1. The minimum atomic E-state index is -4.64. The van der Waals surface area contributed by atoms with E-state index in [2.05, 4.69) is 21.2 Å². The van der Waals surface area contributed by atoms with Crippen LogP contribution in [-0.2, 0) is 20.5 Å². The van der Waals surface area contributed by atoms with Gasteiger partial charge in [0.1, 0.15) is 12.4 Å². The molecule has 158 valence electrons. The van der Waals surface area contributed by atoms with Crippen LogP contribution in [0.15, 0.2) is 40.9 Å². The van der Waals surface area contributed by atoms with Gasteiger partial charge in [0.05, 0.1) is 22.5 Å².